The van der Waals surface area contributed by atoms with Crippen LogP contribution in [0.2, 0.25) is 0 Å². The molecule has 0 saturated carbocycles. The molecular weight excluding hydrogens is 277 g/mol. The van der Waals surface area contributed by atoms with E-state index in [0.717, 1.165) is 23.4 Å². The van der Waals surface area contributed by atoms with Crippen LogP contribution in [0.4, 0.5) is 18.9 Å². The van der Waals surface area contributed by atoms with Crippen LogP contribution in [0, 0.1) is 6.92 Å². The minimum Gasteiger partial charge on any atom is -0.374 e. The predicted molar refractivity (Wildman–Crippen MR) is 81.7 cm³/mol. The van der Waals surface area contributed by atoms with Crippen LogP contribution in [-0.4, -0.2) is 25.3 Å². The fourth-order valence-corrected chi connectivity index (χ4v) is 1.90. The van der Waals surface area contributed by atoms with Crippen LogP contribution >= 0.6 is 0 Å². The molecule has 5 heteroatoms. The smallest absolute Gasteiger partial charge is 0.374 e. The van der Waals surface area contributed by atoms with E-state index in [2.05, 4.69) is 26.1 Å². The van der Waals surface area contributed by atoms with Gasteiger partial charge in [0.25, 0.3) is 0 Å². The quantitative estimate of drug-likeness (QED) is 0.873. The number of nitrogens with one attached hydrogen (secondary N) is 1. The number of rotatable bonds is 5. The van der Waals surface area contributed by atoms with Crippen molar-refractivity contribution in [1.82, 2.24) is 5.32 Å². The molecule has 1 aromatic rings. The first-order chi connectivity index (χ1) is 9.48. The molecule has 0 aromatic heterocycles. The number of halogens is 3. The minimum atomic E-state index is -4.11. The molecule has 1 aromatic carbocycles. The van der Waals surface area contributed by atoms with E-state index in [9.17, 15) is 13.2 Å². The SMILES string of the molecule is Cc1cc(N(C)CCC(F)(F)F)ccc1CNC(C)(C)C. The zero-order valence-corrected chi connectivity index (χ0v) is 13.4. The summed E-state index contributed by atoms with van der Waals surface area (Å²) in [6.07, 6.45) is -4.91. The average molecular weight is 302 g/mol. The molecule has 21 heavy (non-hydrogen) atoms. The van der Waals surface area contributed by atoms with E-state index in [1.165, 1.54) is 0 Å². The van der Waals surface area contributed by atoms with Crippen LogP contribution in [0.3, 0.4) is 0 Å². The van der Waals surface area contributed by atoms with Crippen molar-refractivity contribution in [3.8, 4) is 0 Å². The van der Waals surface area contributed by atoms with Gasteiger partial charge in [-0.3, -0.25) is 0 Å². The lowest BCUT2D eigenvalue weighted by Gasteiger charge is -2.23. The van der Waals surface area contributed by atoms with E-state index in [1.807, 2.05) is 25.1 Å². The van der Waals surface area contributed by atoms with Gasteiger partial charge in [0.1, 0.15) is 0 Å². The van der Waals surface area contributed by atoms with Crippen molar-refractivity contribution in [2.45, 2.75) is 52.4 Å². The third-order valence-corrected chi connectivity index (χ3v) is 3.31. The number of hydrogen-bond donors (Lipinski definition) is 1. The van der Waals surface area contributed by atoms with E-state index < -0.39 is 12.6 Å². The summed E-state index contributed by atoms with van der Waals surface area (Å²) in [5, 5.41) is 3.41. The topological polar surface area (TPSA) is 15.3 Å². The van der Waals surface area contributed by atoms with Crippen LogP contribution in [0.15, 0.2) is 18.2 Å². The molecule has 0 aliphatic heterocycles. The van der Waals surface area contributed by atoms with Crippen LogP contribution in [0.5, 0.6) is 0 Å². The summed E-state index contributed by atoms with van der Waals surface area (Å²) in [5.41, 5.74) is 3.10. The van der Waals surface area contributed by atoms with Gasteiger partial charge in [0, 0.05) is 31.4 Å². The number of aryl methyl sites for hydroxylation is 1. The van der Waals surface area contributed by atoms with Gasteiger partial charge in [-0.05, 0) is 51.0 Å². The fraction of sp³-hybridized carbons (Fsp3) is 0.625. The molecule has 0 saturated heterocycles. The molecule has 0 atom stereocenters. The lowest BCUT2D eigenvalue weighted by atomic mass is 10.0. The van der Waals surface area contributed by atoms with E-state index in [-0.39, 0.29) is 12.1 Å². The first-order valence-electron chi connectivity index (χ1n) is 7.10. The van der Waals surface area contributed by atoms with Crippen LogP contribution in [-0.2, 0) is 6.54 Å². The third-order valence-electron chi connectivity index (χ3n) is 3.31. The van der Waals surface area contributed by atoms with Gasteiger partial charge in [0.05, 0.1) is 6.42 Å². The second-order valence-corrected chi connectivity index (χ2v) is 6.50. The molecule has 0 spiro atoms. The van der Waals surface area contributed by atoms with Crippen molar-refractivity contribution < 1.29 is 13.2 Å². The molecule has 120 valence electrons. The summed E-state index contributed by atoms with van der Waals surface area (Å²) in [5.74, 6) is 0. The summed E-state index contributed by atoms with van der Waals surface area (Å²) < 4.78 is 36.8. The Kier molecular flexibility index (Phi) is 5.68. The standard InChI is InChI=1S/C16H25F3N2/c1-12-10-14(21(5)9-8-16(17,18)19)7-6-13(12)11-20-15(2,3)4/h6-7,10,20H,8-9,11H2,1-5H3. The molecule has 1 N–H and O–H groups in total. The largest absolute Gasteiger partial charge is 0.390 e. The second kappa shape index (κ2) is 6.69. The first-order valence-corrected chi connectivity index (χ1v) is 7.10. The van der Waals surface area contributed by atoms with E-state index in [0.29, 0.717) is 0 Å². The summed E-state index contributed by atoms with van der Waals surface area (Å²) in [7, 11) is 1.69. The Balaban J connectivity index is 2.69. The molecule has 1 rings (SSSR count). The molecule has 0 unspecified atom stereocenters. The molecule has 0 aliphatic carbocycles. The Bertz CT molecular complexity index is 462. The van der Waals surface area contributed by atoms with Crippen LogP contribution in [0.25, 0.3) is 0 Å². The highest BCUT2D eigenvalue weighted by Crippen LogP contribution is 2.23. The van der Waals surface area contributed by atoms with Crippen molar-refractivity contribution in [1.29, 1.82) is 0 Å². The highest BCUT2D eigenvalue weighted by molar-refractivity contribution is 5.50. The number of benzene rings is 1. The molecule has 0 aliphatic rings. The van der Waals surface area contributed by atoms with Gasteiger partial charge in [0.15, 0.2) is 0 Å². The number of nitrogens with zero attached hydrogens (tertiary/aromatic N) is 1. The van der Waals surface area contributed by atoms with E-state index in [4.69, 9.17) is 0 Å². The van der Waals surface area contributed by atoms with Gasteiger partial charge in [-0.1, -0.05) is 6.07 Å². The summed E-state index contributed by atoms with van der Waals surface area (Å²) in [4.78, 5) is 1.64. The molecule has 0 amide bonds. The Hall–Kier alpha value is -1.23. The molecule has 0 fully saturated rings. The van der Waals surface area contributed by atoms with Crippen molar-refractivity contribution in [2.24, 2.45) is 0 Å². The zero-order valence-electron chi connectivity index (χ0n) is 13.4. The summed E-state index contributed by atoms with van der Waals surface area (Å²) >= 11 is 0. The normalized spacial score (nSPS) is 12.6. The monoisotopic (exact) mass is 302 g/mol. The zero-order chi connectivity index (χ0) is 16.3. The summed E-state index contributed by atoms with van der Waals surface area (Å²) in [6, 6.07) is 5.80. The molecule has 0 radical (unpaired) electrons. The Morgan fingerprint density at radius 3 is 2.24 bits per heavy atom. The van der Waals surface area contributed by atoms with Gasteiger partial charge >= 0.3 is 6.18 Å². The van der Waals surface area contributed by atoms with Crippen molar-refractivity contribution in [2.75, 3.05) is 18.5 Å². The van der Waals surface area contributed by atoms with E-state index in [1.54, 1.807) is 11.9 Å². The van der Waals surface area contributed by atoms with Gasteiger partial charge in [-0.15, -0.1) is 0 Å². The maximum absolute atomic E-state index is 12.3. The summed E-state index contributed by atoms with van der Waals surface area (Å²) in [6.45, 7) is 9.01. The highest BCUT2D eigenvalue weighted by Gasteiger charge is 2.27. The van der Waals surface area contributed by atoms with Crippen LogP contribution < -0.4 is 10.2 Å². The lowest BCUT2D eigenvalue weighted by molar-refractivity contribution is -0.132. The second-order valence-electron chi connectivity index (χ2n) is 6.50. The van der Waals surface area contributed by atoms with Gasteiger partial charge < -0.3 is 10.2 Å². The van der Waals surface area contributed by atoms with Gasteiger partial charge in [-0.2, -0.15) is 13.2 Å². The van der Waals surface area contributed by atoms with Crippen molar-refractivity contribution in [3.05, 3.63) is 29.3 Å². The van der Waals surface area contributed by atoms with Crippen molar-refractivity contribution >= 4 is 5.69 Å². The van der Waals surface area contributed by atoms with Gasteiger partial charge in [0.2, 0.25) is 0 Å². The molecule has 2 nitrogen and oxygen atoms in total. The lowest BCUT2D eigenvalue weighted by Crippen LogP contribution is -2.35. The maximum atomic E-state index is 12.3. The molecule has 0 bridgehead atoms. The Morgan fingerprint density at radius 2 is 1.76 bits per heavy atom. The third kappa shape index (κ3) is 6.85. The highest BCUT2D eigenvalue weighted by atomic mass is 19.4. The number of anilines is 1. The Morgan fingerprint density at radius 1 is 1.14 bits per heavy atom. The fourth-order valence-electron chi connectivity index (χ4n) is 1.90. The number of alkyl halides is 3. The average Bonchev–Trinajstić information content (AvgIpc) is 2.32. The maximum Gasteiger partial charge on any atom is 0.390 e. The van der Waals surface area contributed by atoms with Crippen molar-refractivity contribution in [3.63, 3.8) is 0 Å². The van der Waals surface area contributed by atoms with Gasteiger partial charge in [-0.25, -0.2) is 0 Å². The Labute approximate surface area is 125 Å². The molecular formula is C16H25F3N2. The van der Waals surface area contributed by atoms with Crippen LogP contribution in [0.1, 0.15) is 38.3 Å². The molecule has 0 heterocycles. The predicted octanol–water partition coefficient (Wildman–Crippen LogP) is 4.27. The van der Waals surface area contributed by atoms with E-state index >= 15 is 0 Å². The minimum absolute atomic E-state index is 0.0253. The first kappa shape index (κ1) is 17.8. The number of hydrogen-bond acceptors (Lipinski definition) is 2.